The fraction of sp³-hybridized carbons (Fsp3) is 0.615. The Kier molecular flexibility index (Phi) is 9.59. The lowest BCUT2D eigenvalue weighted by Crippen LogP contribution is -2.55. The summed E-state index contributed by atoms with van der Waals surface area (Å²) >= 11 is 1.44. The van der Waals surface area contributed by atoms with Gasteiger partial charge in [-0.2, -0.15) is 0 Å². The van der Waals surface area contributed by atoms with Gasteiger partial charge in [0.25, 0.3) is 0 Å². The molecule has 186 valence electrons. The number of hydrogen-bond acceptors (Lipinski definition) is 6. The Balaban J connectivity index is 1.81. The van der Waals surface area contributed by atoms with Gasteiger partial charge in [-0.15, -0.1) is 11.3 Å². The van der Waals surface area contributed by atoms with Crippen LogP contribution < -0.4 is 10.6 Å². The van der Waals surface area contributed by atoms with Crippen LogP contribution in [0, 0.1) is 5.92 Å². The Hall–Kier alpha value is -2.32. The molecular formula is C26H38N4O3S. The van der Waals surface area contributed by atoms with E-state index in [0.717, 1.165) is 43.5 Å². The van der Waals surface area contributed by atoms with Crippen LogP contribution in [0.2, 0.25) is 0 Å². The molecule has 34 heavy (non-hydrogen) atoms. The highest BCUT2D eigenvalue weighted by Gasteiger charge is 2.40. The molecule has 1 saturated carbocycles. The maximum absolute atomic E-state index is 13.8. The third-order valence-electron chi connectivity index (χ3n) is 7.01. The number of Topliss-reactive ketones (excluding diaryl/α,β-unsaturated/α-hetero) is 1. The van der Waals surface area contributed by atoms with E-state index in [2.05, 4.69) is 15.6 Å². The van der Waals surface area contributed by atoms with Crippen molar-refractivity contribution in [2.24, 2.45) is 5.92 Å². The van der Waals surface area contributed by atoms with Crippen LogP contribution in [0.15, 0.2) is 29.2 Å². The minimum Gasteiger partial charge on any atom is -0.343 e. The van der Waals surface area contributed by atoms with Crippen molar-refractivity contribution in [1.82, 2.24) is 20.5 Å². The number of thiazole rings is 1. The third kappa shape index (κ3) is 6.02. The van der Waals surface area contributed by atoms with Gasteiger partial charge in [-0.1, -0.05) is 37.5 Å². The number of hydrogen-bond donors (Lipinski definition) is 2. The smallest absolute Gasteiger partial charge is 0.246 e. The van der Waals surface area contributed by atoms with Crippen LogP contribution in [-0.2, 0) is 9.59 Å². The summed E-state index contributed by atoms with van der Waals surface area (Å²) in [5.74, 6) is -0.112. The standard InChI is InChI=1S/C26H38N4O3S/c1-5-11-18(6-2)23(31)20-16-34-25(28-20)21-14-10-15-30(21)26(33)22(19-12-8-7-9-13-19)29-24(32)17(3)27-4/h5-6,11,16-17,19,21-22,27H,7-10,12-15H2,1-4H3,(H,29,32)/b11-5-,18-6+. The molecule has 2 N–H and O–H groups in total. The number of allylic oxidation sites excluding steroid dienone is 4. The Bertz CT molecular complexity index is 932. The average molecular weight is 487 g/mol. The molecular weight excluding hydrogens is 448 g/mol. The summed E-state index contributed by atoms with van der Waals surface area (Å²) in [6.07, 6.45) is 12.4. The molecule has 2 heterocycles. The zero-order valence-corrected chi connectivity index (χ0v) is 21.6. The molecule has 1 aliphatic carbocycles. The Morgan fingerprint density at radius 3 is 2.53 bits per heavy atom. The summed E-state index contributed by atoms with van der Waals surface area (Å²) in [5.41, 5.74) is 1.03. The van der Waals surface area contributed by atoms with Crippen LogP contribution >= 0.6 is 11.3 Å². The zero-order valence-electron chi connectivity index (χ0n) is 20.8. The van der Waals surface area contributed by atoms with E-state index >= 15 is 0 Å². The first-order valence-electron chi connectivity index (χ1n) is 12.5. The lowest BCUT2D eigenvalue weighted by molar-refractivity contribution is -0.139. The number of carbonyl (C=O) groups is 3. The average Bonchev–Trinajstić information content (AvgIpc) is 3.54. The van der Waals surface area contributed by atoms with Crippen molar-refractivity contribution in [2.45, 2.75) is 83.8 Å². The normalized spacial score (nSPS) is 21.6. The molecule has 1 saturated heterocycles. The van der Waals surface area contributed by atoms with Crippen LogP contribution in [0.1, 0.15) is 87.3 Å². The second-order valence-electron chi connectivity index (χ2n) is 9.23. The minimum atomic E-state index is -0.519. The number of rotatable bonds is 9. The Morgan fingerprint density at radius 1 is 1.15 bits per heavy atom. The van der Waals surface area contributed by atoms with Gasteiger partial charge in [0.1, 0.15) is 16.7 Å². The van der Waals surface area contributed by atoms with E-state index in [1.54, 1.807) is 31.5 Å². The van der Waals surface area contributed by atoms with Crippen molar-refractivity contribution >= 4 is 28.9 Å². The van der Waals surface area contributed by atoms with Crippen molar-refractivity contribution in [1.29, 1.82) is 0 Å². The number of ketones is 1. The summed E-state index contributed by atoms with van der Waals surface area (Å²) in [6, 6.07) is -1.03. The zero-order chi connectivity index (χ0) is 24.7. The van der Waals surface area contributed by atoms with Crippen LogP contribution in [0.4, 0.5) is 0 Å². The molecule has 1 aromatic heterocycles. The second-order valence-corrected chi connectivity index (χ2v) is 10.1. The number of nitrogens with one attached hydrogen (secondary N) is 2. The molecule has 1 aromatic rings. The third-order valence-corrected chi connectivity index (χ3v) is 7.95. The molecule has 3 atom stereocenters. The Morgan fingerprint density at radius 2 is 1.88 bits per heavy atom. The Labute approximate surface area is 207 Å². The molecule has 3 rings (SSSR count). The van der Waals surface area contributed by atoms with Crippen LogP contribution in [0.3, 0.4) is 0 Å². The quantitative estimate of drug-likeness (QED) is 0.310. The first-order valence-corrected chi connectivity index (χ1v) is 13.4. The van der Waals surface area contributed by atoms with Crippen molar-refractivity contribution in [2.75, 3.05) is 13.6 Å². The van der Waals surface area contributed by atoms with E-state index in [-0.39, 0.29) is 35.6 Å². The van der Waals surface area contributed by atoms with E-state index in [4.69, 9.17) is 0 Å². The molecule has 0 spiro atoms. The highest BCUT2D eigenvalue weighted by atomic mass is 32.1. The van der Waals surface area contributed by atoms with E-state index in [0.29, 0.717) is 17.8 Å². The van der Waals surface area contributed by atoms with E-state index in [1.165, 1.54) is 17.8 Å². The number of likely N-dealkylation sites (tertiary alicyclic amines) is 1. The number of amides is 2. The second kappa shape index (κ2) is 12.4. The molecule has 2 aliphatic rings. The van der Waals surface area contributed by atoms with Crippen molar-refractivity contribution < 1.29 is 14.4 Å². The first kappa shape index (κ1) is 26.3. The van der Waals surface area contributed by atoms with Crippen molar-refractivity contribution in [3.05, 3.63) is 39.9 Å². The maximum atomic E-state index is 13.8. The highest BCUT2D eigenvalue weighted by Crippen LogP contribution is 2.36. The molecule has 2 amide bonds. The molecule has 0 bridgehead atoms. The fourth-order valence-electron chi connectivity index (χ4n) is 4.90. The summed E-state index contributed by atoms with van der Waals surface area (Å²) in [6.45, 7) is 6.17. The summed E-state index contributed by atoms with van der Waals surface area (Å²) in [5, 5.41) is 8.62. The highest BCUT2D eigenvalue weighted by molar-refractivity contribution is 7.10. The van der Waals surface area contributed by atoms with Gasteiger partial charge in [0.2, 0.25) is 17.6 Å². The van der Waals surface area contributed by atoms with Gasteiger partial charge < -0.3 is 15.5 Å². The van der Waals surface area contributed by atoms with Gasteiger partial charge in [-0.05, 0) is 59.4 Å². The number of carbonyl (C=O) groups excluding carboxylic acids is 3. The molecule has 8 heteroatoms. The van der Waals surface area contributed by atoms with Crippen molar-refractivity contribution in [3.63, 3.8) is 0 Å². The monoisotopic (exact) mass is 486 g/mol. The van der Waals surface area contributed by atoms with Crippen LogP contribution in [0.25, 0.3) is 0 Å². The molecule has 2 fully saturated rings. The number of aromatic nitrogens is 1. The maximum Gasteiger partial charge on any atom is 0.246 e. The number of nitrogens with zero attached hydrogens (tertiary/aromatic N) is 2. The fourth-order valence-corrected chi connectivity index (χ4v) is 5.84. The largest absolute Gasteiger partial charge is 0.343 e. The first-order chi connectivity index (χ1) is 16.4. The van der Waals surface area contributed by atoms with E-state index < -0.39 is 6.04 Å². The summed E-state index contributed by atoms with van der Waals surface area (Å²) in [7, 11) is 1.75. The molecule has 0 aromatic carbocycles. The van der Waals surface area contributed by atoms with Gasteiger partial charge >= 0.3 is 0 Å². The molecule has 0 radical (unpaired) electrons. The SMILES string of the molecule is C/C=C\C(=C/C)C(=O)c1csc(C2CCCN2C(=O)C(NC(=O)C(C)NC)C2CCCCC2)n1. The lowest BCUT2D eigenvalue weighted by atomic mass is 9.83. The van der Waals surface area contributed by atoms with Gasteiger partial charge in [0.15, 0.2) is 0 Å². The van der Waals surface area contributed by atoms with Crippen LogP contribution in [-0.4, -0.2) is 53.2 Å². The van der Waals surface area contributed by atoms with E-state index in [9.17, 15) is 14.4 Å². The molecule has 1 aliphatic heterocycles. The molecule has 3 unspecified atom stereocenters. The summed E-state index contributed by atoms with van der Waals surface area (Å²) < 4.78 is 0. The summed E-state index contributed by atoms with van der Waals surface area (Å²) in [4.78, 5) is 45.9. The number of likely N-dealkylation sites (N-methyl/N-ethyl adjacent to an activating group) is 1. The van der Waals surface area contributed by atoms with Crippen molar-refractivity contribution in [3.8, 4) is 0 Å². The van der Waals surface area contributed by atoms with Crippen LogP contribution in [0.5, 0.6) is 0 Å². The van der Waals surface area contributed by atoms with Gasteiger partial charge in [0, 0.05) is 17.5 Å². The van der Waals surface area contributed by atoms with Gasteiger partial charge in [-0.3, -0.25) is 14.4 Å². The van der Waals surface area contributed by atoms with E-state index in [1.807, 2.05) is 24.8 Å². The molecule has 7 nitrogen and oxygen atoms in total. The topological polar surface area (TPSA) is 91.4 Å². The predicted molar refractivity (Wildman–Crippen MR) is 136 cm³/mol. The minimum absolute atomic E-state index is 0.0165. The predicted octanol–water partition coefficient (Wildman–Crippen LogP) is 4.18. The van der Waals surface area contributed by atoms with Gasteiger partial charge in [0.05, 0.1) is 12.1 Å². The lowest BCUT2D eigenvalue weighted by Gasteiger charge is -2.35. The van der Waals surface area contributed by atoms with Gasteiger partial charge in [-0.25, -0.2) is 4.98 Å².